The van der Waals surface area contributed by atoms with Crippen LogP contribution < -0.4 is 0 Å². The van der Waals surface area contributed by atoms with Gasteiger partial charge in [-0.05, 0) is 40.5 Å². The van der Waals surface area contributed by atoms with Crippen molar-refractivity contribution in [3.8, 4) is 22.4 Å². The van der Waals surface area contributed by atoms with Gasteiger partial charge in [0.05, 0.1) is 5.69 Å². The third kappa shape index (κ3) is 1.66. The average molecular weight is 316 g/mol. The molecule has 0 amide bonds. The molecule has 0 bridgehead atoms. The van der Waals surface area contributed by atoms with E-state index in [1.165, 1.54) is 38.3 Å². The molecule has 2 nitrogen and oxygen atoms in total. The number of hydrogen-bond acceptors (Lipinski definition) is 3. The van der Waals surface area contributed by atoms with E-state index < -0.39 is 0 Å². The number of hydrogen-bond donors (Lipinski definition) is 0. The maximum Gasteiger partial charge on any atom is 0.0746 e. The number of aromatic nitrogens is 2. The van der Waals surface area contributed by atoms with Gasteiger partial charge in [0.25, 0.3) is 0 Å². The first-order valence-electron chi connectivity index (χ1n) is 7.87. The zero-order valence-corrected chi connectivity index (χ0v) is 13.9. The summed E-state index contributed by atoms with van der Waals surface area (Å²) in [4.78, 5) is 10.4. The third-order valence-corrected chi connectivity index (χ3v) is 6.19. The summed E-state index contributed by atoms with van der Waals surface area (Å²) in [5.41, 5.74) is 9.21. The largest absolute Gasteiger partial charge is 0.264 e. The molecule has 3 heterocycles. The number of pyridine rings is 2. The van der Waals surface area contributed by atoms with Gasteiger partial charge in [0.1, 0.15) is 0 Å². The van der Waals surface area contributed by atoms with Crippen LogP contribution in [0.15, 0.2) is 53.8 Å². The van der Waals surface area contributed by atoms with E-state index in [-0.39, 0.29) is 5.41 Å². The van der Waals surface area contributed by atoms with Crippen molar-refractivity contribution in [1.29, 1.82) is 0 Å². The maximum atomic E-state index is 4.68. The first kappa shape index (κ1) is 13.3. The zero-order valence-electron chi connectivity index (χ0n) is 13.1. The summed E-state index contributed by atoms with van der Waals surface area (Å²) >= 11 is 1.92. The highest BCUT2D eigenvalue weighted by atomic mass is 32.2. The molecule has 112 valence electrons. The molecule has 0 unspecified atom stereocenters. The van der Waals surface area contributed by atoms with Crippen LogP contribution in [0.25, 0.3) is 22.4 Å². The van der Waals surface area contributed by atoms with E-state index in [0.29, 0.717) is 0 Å². The van der Waals surface area contributed by atoms with Gasteiger partial charge in [0.15, 0.2) is 0 Å². The number of benzene rings is 1. The summed E-state index contributed by atoms with van der Waals surface area (Å²) < 4.78 is 0. The maximum absolute atomic E-state index is 4.68. The number of rotatable bonds is 0. The predicted molar refractivity (Wildman–Crippen MR) is 94.6 cm³/mol. The molecule has 0 atom stereocenters. The van der Waals surface area contributed by atoms with Crippen molar-refractivity contribution in [2.75, 3.05) is 0 Å². The van der Waals surface area contributed by atoms with E-state index >= 15 is 0 Å². The van der Waals surface area contributed by atoms with Crippen molar-refractivity contribution in [3.05, 3.63) is 65.6 Å². The van der Waals surface area contributed by atoms with Gasteiger partial charge in [-0.1, -0.05) is 26.0 Å². The van der Waals surface area contributed by atoms with Crippen molar-refractivity contribution in [2.24, 2.45) is 0 Å². The second-order valence-electron chi connectivity index (χ2n) is 6.71. The normalized spacial score (nSPS) is 16.3. The molecule has 0 saturated heterocycles. The van der Waals surface area contributed by atoms with E-state index in [1.54, 1.807) is 0 Å². The van der Waals surface area contributed by atoms with E-state index in [0.717, 1.165) is 11.4 Å². The van der Waals surface area contributed by atoms with Gasteiger partial charge in [0, 0.05) is 45.8 Å². The Kier molecular flexibility index (Phi) is 2.58. The number of nitrogens with zero attached hydrogens (tertiary/aromatic N) is 2. The highest BCUT2D eigenvalue weighted by Crippen LogP contribution is 2.55. The standard InChI is InChI=1S/C20H16N2S/c1-20(2)15-4-3-8-22-19(15)14-5-6-16-17(18(14)20)13-7-9-21-10-12(13)11-23-16/h3-10H,11H2,1-2H3. The minimum atomic E-state index is -0.0251. The summed E-state index contributed by atoms with van der Waals surface area (Å²) in [6.45, 7) is 4.64. The first-order valence-corrected chi connectivity index (χ1v) is 8.86. The zero-order chi connectivity index (χ0) is 15.6. The number of fused-ring (bicyclic) bond motifs is 7. The monoisotopic (exact) mass is 316 g/mol. The van der Waals surface area contributed by atoms with Crippen LogP contribution in [0, 0.1) is 0 Å². The molecule has 23 heavy (non-hydrogen) atoms. The quantitative estimate of drug-likeness (QED) is 0.580. The van der Waals surface area contributed by atoms with Crippen LogP contribution in [-0.2, 0) is 11.2 Å². The van der Waals surface area contributed by atoms with Crippen molar-refractivity contribution >= 4 is 11.8 Å². The Morgan fingerprint density at radius 3 is 2.87 bits per heavy atom. The fraction of sp³-hybridized carbons (Fsp3) is 0.200. The van der Waals surface area contributed by atoms with E-state index in [9.17, 15) is 0 Å². The molecule has 3 heteroatoms. The molecule has 3 aromatic rings. The molecule has 2 aliphatic rings. The van der Waals surface area contributed by atoms with Gasteiger partial charge < -0.3 is 0 Å². The summed E-state index contributed by atoms with van der Waals surface area (Å²) in [7, 11) is 0. The van der Waals surface area contributed by atoms with Gasteiger partial charge in [-0.3, -0.25) is 9.97 Å². The highest BCUT2D eigenvalue weighted by molar-refractivity contribution is 7.98. The lowest BCUT2D eigenvalue weighted by molar-refractivity contribution is 0.659. The third-order valence-electron chi connectivity index (χ3n) is 5.08. The van der Waals surface area contributed by atoms with Crippen molar-refractivity contribution < 1.29 is 0 Å². The first-order chi connectivity index (χ1) is 11.2. The summed E-state index contributed by atoms with van der Waals surface area (Å²) in [5.74, 6) is 1.00. The Morgan fingerprint density at radius 1 is 1.04 bits per heavy atom. The van der Waals surface area contributed by atoms with Gasteiger partial charge in [-0.25, -0.2) is 0 Å². The van der Waals surface area contributed by atoms with Crippen LogP contribution in [-0.4, -0.2) is 9.97 Å². The van der Waals surface area contributed by atoms with Crippen LogP contribution in [0.4, 0.5) is 0 Å². The molecule has 0 spiro atoms. The Morgan fingerprint density at radius 2 is 1.96 bits per heavy atom. The lowest BCUT2D eigenvalue weighted by Crippen LogP contribution is -2.17. The molecular weight excluding hydrogens is 300 g/mol. The molecular formula is C20H16N2S. The Hall–Kier alpha value is -2.13. The van der Waals surface area contributed by atoms with Crippen molar-refractivity contribution in [3.63, 3.8) is 0 Å². The van der Waals surface area contributed by atoms with Crippen molar-refractivity contribution in [1.82, 2.24) is 9.97 Å². The van der Waals surface area contributed by atoms with Crippen LogP contribution >= 0.6 is 11.8 Å². The molecule has 0 radical (unpaired) electrons. The second-order valence-corrected chi connectivity index (χ2v) is 7.72. The summed E-state index contributed by atoms with van der Waals surface area (Å²) in [6, 6.07) is 11.0. The van der Waals surface area contributed by atoms with Gasteiger partial charge in [-0.2, -0.15) is 0 Å². The molecule has 0 N–H and O–H groups in total. The molecule has 0 fully saturated rings. The van der Waals surface area contributed by atoms with Crippen molar-refractivity contribution in [2.45, 2.75) is 29.9 Å². The van der Waals surface area contributed by atoms with E-state index in [4.69, 9.17) is 0 Å². The van der Waals surface area contributed by atoms with E-state index in [2.05, 4.69) is 48.1 Å². The summed E-state index contributed by atoms with van der Waals surface area (Å²) in [5, 5.41) is 0. The Balaban J connectivity index is 1.91. The molecule has 1 aliphatic heterocycles. The second kappa shape index (κ2) is 4.45. The van der Waals surface area contributed by atoms with Crippen LogP contribution in [0.1, 0.15) is 30.5 Å². The fourth-order valence-corrected chi connectivity index (χ4v) is 5.08. The Labute approximate surface area is 140 Å². The summed E-state index contributed by atoms with van der Waals surface area (Å²) in [6.07, 6.45) is 5.82. The highest BCUT2D eigenvalue weighted by Gasteiger charge is 2.40. The lowest BCUT2D eigenvalue weighted by atomic mass is 9.78. The minimum Gasteiger partial charge on any atom is -0.264 e. The fourth-order valence-electron chi connectivity index (χ4n) is 4.02. The minimum absolute atomic E-state index is 0.0251. The predicted octanol–water partition coefficient (Wildman–Crippen LogP) is 5.06. The molecule has 5 rings (SSSR count). The average Bonchev–Trinajstić information content (AvgIpc) is 2.83. The smallest absolute Gasteiger partial charge is 0.0746 e. The molecule has 2 aromatic heterocycles. The topological polar surface area (TPSA) is 25.8 Å². The van der Waals surface area contributed by atoms with Gasteiger partial charge in [0.2, 0.25) is 0 Å². The SMILES string of the molecule is CC1(C)c2cccnc2-c2ccc3c(c21)-c1ccncc1CS3. The van der Waals surface area contributed by atoms with Gasteiger partial charge >= 0.3 is 0 Å². The molecule has 0 saturated carbocycles. The van der Waals surface area contributed by atoms with Gasteiger partial charge in [-0.15, -0.1) is 11.8 Å². The van der Waals surface area contributed by atoms with Crippen LogP contribution in [0.2, 0.25) is 0 Å². The molecule has 1 aromatic carbocycles. The lowest BCUT2D eigenvalue weighted by Gasteiger charge is -2.28. The van der Waals surface area contributed by atoms with E-state index in [1.807, 2.05) is 36.4 Å². The molecule has 1 aliphatic carbocycles. The Bertz CT molecular complexity index is 960. The van der Waals surface area contributed by atoms with Crippen LogP contribution in [0.3, 0.4) is 0 Å². The van der Waals surface area contributed by atoms with Crippen LogP contribution in [0.5, 0.6) is 0 Å². The number of thioether (sulfide) groups is 1.